The largest absolute Gasteiger partial charge is 0.387 e. The number of aryl methyl sites for hydroxylation is 2. The maximum atomic E-state index is 12.8. The van der Waals surface area contributed by atoms with Crippen molar-refractivity contribution in [3.63, 3.8) is 0 Å². The van der Waals surface area contributed by atoms with Crippen molar-refractivity contribution in [1.29, 1.82) is 0 Å². The monoisotopic (exact) mass is 344 g/mol. The van der Waals surface area contributed by atoms with E-state index in [-0.39, 0.29) is 12.5 Å². The van der Waals surface area contributed by atoms with E-state index in [2.05, 4.69) is 5.32 Å². The number of aliphatic hydroxyl groups is 1. The average Bonchev–Trinajstić information content (AvgIpc) is 3.11. The van der Waals surface area contributed by atoms with E-state index < -0.39 is 17.7 Å². The van der Waals surface area contributed by atoms with E-state index in [1.165, 1.54) is 11.3 Å². The molecule has 2 atom stereocenters. The lowest BCUT2D eigenvalue weighted by molar-refractivity contribution is -0.132. The van der Waals surface area contributed by atoms with Crippen LogP contribution in [0.2, 0.25) is 0 Å². The van der Waals surface area contributed by atoms with Crippen LogP contribution in [-0.4, -0.2) is 28.5 Å². The fourth-order valence-corrected chi connectivity index (χ4v) is 3.85. The molecular weight excluding hydrogens is 324 g/mol. The number of aliphatic hydroxyl groups excluding tert-OH is 1. The Balaban J connectivity index is 1.82. The Kier molecular flexibility index (Phi) is 4.19. The zero-order valence-electron chi connectivity index (χ0n) is 13.9. The van der Waals surface area contributed by atoms with Crippen molar-refractivity contribution >= 4 is 23.3 Å². The molecule has 0 spiro atoms. The third-order valence-corrected chi connectivity index (χ3v) is 5.04. The van der Waals surface area contributed by atoms with E-state index >= 15 is 0 Å². The van der Waals surface area contributed by atoms with E-state index in [4.69, 9.17) is 0 Å². The van der Waals surface area contributed by atoms with E-state index in [1.807, 2.05) is 48.9 Å². The molecule has 0 radical (unpaired) electrons. The van der Waals surface area contributed by atoms with Crippen molar-refractivity contribution in [2.75, 3.05) is 6.54 Å². The molecule has 1 aromatic heterocycles. The van der Waals surface area contributed by atoms with Gasteiger partial charge in [0.05, 0.1) is 12.6 Å². The predicted molar refractivity (Wildman–Crippen MR) is 92.8 cm³/mol. The third kappa shape index (κ3) is 2.83. The molecule has 24 heavy (non-hydrogen) atoms. The summed E-state index contributed by atoms with van der Waals surface area (Å²) < 4.78 is 0. The number of hydrogen-bond acceptors (Lipinski definition) is 4. The van der Waals surface area contributed by atoms with Gasteiger partial charge in [0.25, 0.3) is 5.91 Å². The average molecular weight is 344 g/mol. The highest BCUT2D eigenvalue weighted by atomic mass is 32.1. The maximum absolute atomic E-state index is 12.8. The highest BCUT2D eigenvalue weighted by Crippen LogP contribution is 2.31. The van der Waals surface area contributed by atoms with Gasteiger partial charge in [-0.05, 0) is 48.7 Å². The van der Waals surface area contributed by atoms with Crippen LogP contribution in [0.15, 0.2) is 35.0 Å². The number of hydrogen-bond donors (Lipinski definition) is 2. The molecular formula is C18H20N2O3S. The van der Waals surface area contributed by atoms with Crippen molar-refractivity contribution in [3.05, 3.63) is 57.3 Å². The van der Waals surface area contributed by atoms with Gasteiger partial charge in [0, 0.05) is 0 Å². The fraction of sp³-hybridized carbons (Fsp3) is 0.333. The number of imide groups is 1. The number of carbonyl (C=O) groups is 2. The molecule has 5 nitrogen and oxygen atoms in total. The SMILES string of the molecule is Cc1cc(C)cc(C(O)CN2C(=O)NC(C)(c3ccsc3)C2=O)c1. The normalized spacial score (nSPS) is 21.9. The first-order valence-corrected chi connectivity index (χ1v) is 8.68. The Hall–Kier alpha value is -2.18. The minimum absolute atomic E-state index is 0.0622. The topological polar surface area (TPSA) is 69.6 Å². The van der Waals surface area contributed by atoms with Crippen LogP contribution in [0.3, 0.4) is 0 Å². The minimum atomic E-state index is -1.07. The van der Waals surface area contributed by atoms with Gasteiger partial charge in [-0.25, -0.2) is 4.79 Å². The summed E-state index contributed by atoms with van der Waals surface area (Å²) in [7, 11) is 0. The highest BCUT2D eigenvalue weighted by molar-refractivity contribution is 7.08. The quantitative estimate of drug-likeness (QED) is 0.838. The second kappa shape index (κ2) is 6.03. The number of thiophene rings is 1. The number of β-amino-alcohol motifs (C(OH)–C–C–N with tert-alkyl or cyclic N) is 1. The van der Waals surface area contributed by atoms with Gasteiger partial charge in [0.2, 0.25) is 0 Å². The van der Waals surface area contributed by atoms with Gasteiger partial charge in [-0.3, -0.25) is 9.69 Å². The Labute approximate surface area is 144 Å². The summed E-state index contributed by atoms with van der Waals surface area (Å²) in [6.07, 6.45) is -0.914. The van der Waals surface area contributed by atoms with Gasteiger partial charge in [-0.15, -0.1) is 0 Å². The lowest BCUT2D eigenvalue weighted by atomic mass is 9.94. The minimum Gasteiger partial charge on any atom is -0.387 e. The molecule has 1 aliphatic rings. The first kappa shape index (κ1) is 16.7. The fourth-order valence-electron chi connectivity index (χ4n) is 3.09. The van der Waals surface area contributed by atoms with E-state index in [0.29, 0.717) is 5.56 Å². The van der Waals surface area contributed by atoms with Crippen molar-refractivity contribution in [1.82, 2.24) is 10.2 Å². The van der Waals surface area contributed by atoms with Crippen molar-refractivity contribution in [2.45, 2.75) is 32.4 Å². The summed E-state index contributed by atoms with van der Waals surface area (Å²) in [5.41, 5.74) is 2.46. The number of urea groups is 1. The molecule has 2 unspecified atom stereocenters. The zero-order valence-corrected chi connectivity index (χ0v) is 14.7. The number of nitrogens with one attached hydrogen (secondary N) is 1. The Morgan fingerprint density at radius 3 is 2.50 bits per heavy atom. The van der Waals surface area contributed by atoms with Crippen LogP contribution in [0.5, 0.6) is 0 Å². The summed E-state index contributed by atoms with van der Waals surface area (Å²) in [5, 5.41) is 17.0. The van der Waals surface area contributed by atoms with Crippen LogP contribution < -0.4 is 5.32 Å². The lowest BCUT2D eigenvalue weighted by Gasteiger charge is -2.22. The Bertz CT molecular complexity index is 767. The van der Waals surface area contributed by atoms with E-state index in [1.54, 1.807) is 6.92 Å². The first-order chi connectivity index (χ1) is 11.3. The van der Waals surface area contributed by atoms with Gasteiger partial charge in [0.15, 0.2) is 0 Å². The molecule has 2 heterocycles. The molecule has 0 aliphatic carbocycles. The standard InChI is InChI=1S/C18H20N2O3S/c1-11-6-12(2)8-13(7-11)15(21)9-20-16(22)18(3,19-17(20)23)14-4-5-24-10-14/h4-8,10,15,21H,9H2,1-3H3,(H,19,23). The Morgan fingerprint density at radius 1 is 1.25 bits per heavy atom. The van der Waals surface area contributed by atoms with Gasteiger partial charge in [-0.1, -0.05) is 29.3 Å². The molecule has 3 amide bonds. The molecule has 1 aromatic carbocycles. The second-order valence-corrected chi connectivity index (χ2v) is 7.20. The predicted octanol–water partition coefficient (Wildman–Crippen LogP) is 2.87. The molecule has 1 aliphatic heterocycles. The molecule has 126 valence electrons. The summed E-state index contributed by atoms with van der Waals surface area (Å²) in [4.78, 5) is 26.2. The van der Waals surface area contributed by atoms with Crippen LogP contribution in [0, 0.1) is 13.8 Å². The summed E-state index contributed by atoms with van der Waals surface area (Å²) >= 11 is 1.47. The van der Waals surface area contributed by atoms with Crippen LogP contribution in [0.25, 0.3) is 0 Å². The lowest BCUT2D eigenvalue weighted by Crippen LogP contribution is -2.41. The number of benzene rings is 1. The summed E-state index contributed by atoms with van der Waals surface area (Å²) in [6.45, 7) is 5.53. The van der Waals surface area contributed by atoms with E-state index in [0.717, 1.165) is 21.6 Å². The van der Waals surface area contributed by atoms with Crippen molar-refractivity contribution in [3.8, 4) is 0 Å². The summed E-state index contributed by atoms with van der Waals surface area (Å²) in [6, 6.07) is 7.10. The molecule has 1 saturated heterocycles. The van der Waals surface area contributed by atoms with Crippen LogP contribution in [0.1, 0.15) is 35.3 Å². The number of carbonyl (C=O) groups excluding carboxylic acids is 2. The van der Waals surface area contributed by atoms with Gasteiger partial charge in [-0.2, -0.15) is 11.3 Å². The smallest absolute Gasteiger partial charge is 0.325 e. The zero-order chi connectivity index (χ0) is 17.5. The number of nitrogens with zero attached hydrogens (tertiary/aromatic N) is 1. The van der Waals surface area contributed by atoms with Crippen molar-refractivity contribution in [2.24, 2.45) is 0 Å². The first-order valence-electron chi connectivity index (χ1n) is 7.74. The van der Waals surface area contributed by atoms with Gasteiger partial charge in [0.1, 0.15) is 5.54 Å². The molecule has 1 fully saturated rings. The van der Waals surface area contributed by atoms with Crippen LogP contribution >= 0.6 is 11.3 Å². The molecule has 2 aromatic rings. The molecule has 0 saturated carbocycles. The van der Waals surface area contributed by atoms with Gasteiger partial charge < -0.3 is 10.4 Å². The number of amides is 3. The Morgan fingerprint density at radius 2 is 1.92 bits per heavy atom. The van der Waals surface area contributed by atoms with Gasteiger partial charge >= 0.3 is 6.03 Å². The molecule has 2 N–H and O–H groups in total. The highest BCUT2D eigenvalue weighted by Gasteiger charge is 2.49. The molecule has 0 bridgehead atoms. The van der Waals surface area contributed by atoms with Crippen molar-refractivity contribution < 1.29 is 14.7 Å². The van der Waals surface area contributed by atoms with Crippen LogP contribution in [-0.2, 0) is 10.3 Å². The second-order valence-electron chi connectivity index (χ2n) is 6.42. The summed E-state index contributed by atoms with van der Waals surface area (Å²) in [5.74, 6) is -0.339. The third-order valence-electron chi connectivity index (χ3n) is 4.36. The molecule has 6 heteroatoms. The van der Waals surface area contributed by atoms with Crippen LogP contribution in [0.4, 0.5) is 4.79 Å². The number of rotatable bonds is 4. The van der Waals surface area contributed by atoms with E-state index in [9.17, 15) is 14.7 Å². The molecule has 3 rings (SSSR count). The maximum Gasteiger partial charge on any atom is 0.325 e.